The molecule has 154 valence electrons. The summed E-state index contributed by atoms with van der Waals surface area (Å²) >= 11 is 0. The van der Waals surface area contributed by atoms with Crippen molar-refractivity contribution in [2.75, 3.05) is 18.5 Å². The molecule has 0 aliphatic carbocycles. The molecule has 0 aromatic heterocycles. The summed E-state index contributed by atoms with van der Waals surface area (Å²) in [7, 11) is 0. The van der Waals surface area contributed by atoms with Crippen molar-refractivity contribution in [2.24, 2.45) is 0 Å². The van der Waals surface area contributed by atoms with Crippen LogP contribution in [0, 0.1) is 17.1 Å². The minimum absolute atomic E-state index is 0.121. The molecule has 0 heterocycles. The quantitative estimate of drug-likeness (QED) is 0.411. The standard InChI is InChI=1S/C21H18FN3O5/c1-2-29-16-9-7-14(8-10-16)11-15(12-23)20(27)30-13-19(26)25-21(28)24-18-6-4-3-5-17(18)22/h3-11H,2,13H2,1H3,(H2,24,25,26,28)/b15-11+. The fourth-order valence-corrected chi connectivity index (χ4v) is 2.22. The third-order valence-corrected chi connectivity index (χ3v) is 3.55. The number of imide groups is 1. The summed E-state index contributed by atoms with van der Waals surface area (Å²) in [6, 6.07) is 12.7. The van der Waals surface area contributed by atoms with Crippen molar-refractivity contribution in [1.29, 1.82) is 5.26 Å². The number of anilines is 1. The Balaban J connectivity index is 1.88. The van der Waals surface area contributed by atoms with E-state index in [2.05, 4.69) is 5.32 Å². The van der Waals surface area contributed by atoms with Gasteiger partial charge in [0.15, 0.2) is 6.61 Å². The lowest BCUT2D eigenvalue weighted by Gasteiger charge is -2.08. The summed E-state index contributed by atoms with van der Waals surface area (Å²) in [5.41, 5.74) is 0.105. The van der Waals surface area contributed by atoms with E-state index in [9.17, 15) is 18.8 Å². The summed E-state index contributed by atoms with van der Waals surface area (Å²) in [6.45, 7) is 1.55. The highest BCUT2D eigenvalue weighted by atomic mass is 19.1. The molecule has 0 saturated heterocycles. The molecule has 0 aliphatic heterocycles. The van der Waals surface area contributed by atoms with Crippen LogP contribution in [0.1, 0.15) is 12.5 Å². The maximum absolute atomic E-state index is 13.5. The number of nitriles is 1. The Morgan fingerprint density at radius 1 is 1.13 bits per heavy atom. The molecular formula is C21H18FN3O5. The first-order valence-electron chi connectivity index (χ1n) is 8.80. The Morgan fingerprint density at radius 3 is 2.47 bits per heavy atom. The van der Waals surface area contributed by atoms with E-state index in [1.54, 1.807) is 30.3 Å². The predicted octanol–water partition coefficient (Wildman–Crippen LogP) is 3.02. The van der Waals surface area contributed by atoms with Gasteiger partial charge in [0.25, 0.3) is 5.91 Å². The topological polar surface area (TPSA) is 118 Å². The molecule has 9 heteroatoms. The molecule has 2 rings (SSSR count). The summed E-state index contributed by atoms with van der Waals surface area (Å²) in [4.78, 5) is 35.4. The number of rotatable bonds is 7. The predicted molar refractivity (Wildman–Crippen MR) is 106 cm³/mol. The van der Waals surface area contributed by atoms with Gasteiger partial charge in [0.05, 0.1) is 12.3 Å². The van der Waals surface area contributed by atoms with Gasteiger partial charge in [-0.05, 0) is 42.8 Å². The van der Waals surface area contributed by atoms with Crippen molar-refractivity contribution in [3.8, 4) is 11.8 Å². The van der Waals surface area contributed by atoms with Crippen LogP contribution in [0.2, 0.25) is 0 Å². The number of esters is 1. The molecule has 0 saturated carbocycles. The molecule has 8 nitrogen and oxygen atoms in total. The van der Waals surface area contributed by atoms with E-state index < -0.39 is 30.3 Å². The van der Waals surface area contributed by atoms with Crippen molar-refractivity contribution < 1.29 is 28.2 Å². The lowest BCUT2D eigenvalue weighted by molar-refractivity contribution is -0.144. The second-order valence-electron chi connectivity index (χ2n) is 5.73. The number of carbonyl (C=O) groups excluding carboxylic acids is 3. The van der Waals surface area contributed by atoms with Crippen molar-refractivity contribution in [2.45, 2.75) is 6.92 Å². The number of hydrogen-bond acceptors (Lipinski definition) is 6. The zero-order valence-corrected chi connectivity index (χ0v) is 16.0. The number of halogens is 1. The van der Waals surface area contributed by atoms with E-state index in [-0.39, 0.29) is 11.3 Å². The normalized spacial score (nSPS) is 10.5. The van der Waals surface area contributed by atoms with Gasteiger partial charge in [-0.2, -0.15) is 5.26 Å². The molecule has 3 amide bonds. The van der Waals surface area contributed by atoms with E-state index in [0.717, 1.165) is 6.07 Å². The minimum atomic E-state index is -1.03. The van der Waals surface area contributed by atoms with E-state index >= 15 is 0 Å². The first-order valence-corrected chi connectivity index (χ1v) is 8.80. The molecule has 2 N–H and O–H groups in total. The van der Waals surface area contributed by atoms with Crippen LogP contribution in [0.3, 0.4) is 0 Å². The number of nitrogens with zero attached hydrogens (tertiary/aromatic N) is 1. The molecule has 0 unspecified atom stereocenters. The lowest BCUT2D eigenvalue weighted by Crippen LogP contribution is -2.37. The third kappa shape index (κ3) is 6.76. The van der Waals surface area contributed by atoms with Crippen molar-refractivity contribution in [3.05, 3.63) is 65.5 Å². The number of nitrogens with one attached hydrogen (secondary N) is 2. The monoisotopic (exact) mass is 411 g/mol. The number of amides is 3. The third-order valence-electron chi connectivity index (χ3n) is 3.55. The first kappa shape index (κ1) is 22.1. The molecule has 2 aromatic rings. The Morgan fingerprint density at radius 2 is 1.83 bits per heavy atom. The lowest BCUT2D eigenvalue weighted by atomic mass is 10.1. The fourth-order valence-electron chi connectivity index (χ4n) is 2.22. The Kier molecular flexibility index (Phi) is 8.08. The second kappa shape index (κ2) is 11.0. The highest BCUT2D eigenvalue weighted by Gasteiger charge is 2.15. The zero-order chi connectivity index (χ0) is 21.9. The van der Waals surface area contributed by atoms with Crippen LogP contribution in [-0.4, -0.2) is 31.1 Å². The van der Waals surface area contributed by atoms with Gasteiger partial charge in [-0.1, -0.05) is 24.3 Å². The van der Waals surface area contributed by atoms with Gasteiger partial charge in [-0.15, -0.1) is 0 Å². The van der Waals surface area contributed by atoms with Gasteiger partial charge in [-0.3, -0.25) is 10.1 Å². The first-order chi connectivity index (χ1) is 14.4. The van der Waals surface area contributed by atoms with E-state index in [1.807, 2.05) is 12.2 Å². The van der Waals surface area contributed by atoms with Gasteiger partial charge in [0, 0.05) is 0 Å². The van der Waals surface area contributed by atoms with E-state index in [1.165, 1.54) is 24.3 Å². The van der Waals surface area contributed by atoms with Crippen LogP contribution < -0.4 is 15.4 Å². The van der Waals surface area contributed by atoms with Gasteiger partial charge in [0.2, 0.25) is 0 Å². The average Bonchev–Trinajstić information content (AvgIpc) is 2.73. The second-order valence-corrected chi connectivity index (χ2v) is 5.73. The minimum Gasteiger partial charge on any atom is -0.494 e. The average molecular weight is 411 g/mol. The van der Waals surface area contributed by atoms with Crippen LogP contribution >= 0.6 is 0 Å². The largest absolute Gasteiger partial charge is 0.494 e. The van der Waals surface area contributed by atoms with E-state index in [4.69, 9.17) is 14.7 Å². The molecule has 0 spiro atoms. The molecule has 0 radical (unpaired) electrons. The Bertz CT molecular complexity index is 996. The van der Waals surface area contributed by atoms with Gasteiger partial charge < -0.3 is 14.8 Å². The van der Waals surface area contributed by atoms with E-state index in [0.29, 0.717) is 17.9 Å². The number of carbonyl (C=O) groups is 3. The van der Waals surface area contributed by atoms with Crippen LogP contribution in [0.15, 0.2) is 54.1 Å². The summed E-state index contributed by atoms with van der Waals surface area (Å²) in [6.07, 6.45) is 1.29. The molecule has 0 atom stereocenters. The molecule has 0 aliphatic rings. The highest BCUT2D eigenvalue weighted by molar-refractivity contribution is 6.03. The summed E-state index contributed by atoms with van der Waals surface area (Å²) < 4.78 is 23.5. The Labute approximate surface area is 171 Å². The summed E-state index contributed by atoms with van der Waals surface area (Å²) in [5.74, 6) is -2.02. The van der Waals surface area contributed by atoms with Crippen LogP contribution in [0.5, 0.6) is 5.75 Å². The van der Waals surface area contributed by atoms with Gasteiger partial charge in [-0.25, -0.2) is 14.0 Å². The van der Waals surface area contributed by atoms with Crippen LogP contribution in [0.4, 0.5) is 14.9 Å². The smallest absolute Gasteiger partial charge is 0.349 e. The molecule has 2 aromatic carbocycles. The highest BCUT2D eigenvalue weighted by Crippen LogP contribution is 2.15. The molecule has 30 heavy (non-hydrogen) atoms. The SMILES string of the molecule is CCOc1ccc(/C=C(\C#N)C(=O)OCC(=O)NC(=O)Nc2ccccc2F)cc1. The number of benzene rings is 2. The number of hydrogen-bond donors (Lipinski definition) is 2. The van der Waals surface area contributed by atoms with Crippen molar-refractivity contribution in [3.63, 3.8) is 0 Å². The zero-order valence-electron chi connectivity index (χ0n) is 16.0. The van der Waals surface area contributed by atoms with Crippen molar-refractivity contribution in [1.82, 2.24) is 5.32 Å². The molecule has 0 bridgehead atoms. The fraction of sp³-hybridized carbons (Fsp3) is 0.143. The number of urea groups is 1. The number of para-hydroxylation sites is 1. The van der Waals surface area contributed by atoms with Gasteiger partial charge >= 0.3 is 12.0 Å². The Hall–Kier alpha value is -4.19. The van der Waals surface area contributed by atoms with Crippen LogP contribution in [-0.2, 0) is 14.3 Å². The molecular weight excluding hydrogens is 393 g/mol. The van der Waals surface area contributed by atoms with Gasteiger partial charge in [0.1, 0.15) is 23.2 Å². The summed E-state index contributed by atoms with van der Waals surface area (Å²) in [5, 5.41) is 13.2. The maximum Gasteiger partial charge on any atom is 0.349 e. The van der Waals surface area contributed by atoms with Crippen molar-refractivity contribution >= 4 is 29.7 Å². The molecule has 0 fully saturated rings. The number of ether oxygens (including phenoxy) is 2. The van der Waals surface area contributed by atoms with Crippen LogP contribution in [0.25, 0.3) is 6.08 Å². The maximum atomic E-state index is 13.5.